The zero-order valence-corrected chi connectivity index (χ0v) is 24.2. The molecule has 2 heterocycles. The molecular formula is C24H33N9O7S. The summed E-state index contributed by atoms with van der Waals surface area (Å²) in [7, 11) is 3.83. The molecule has 222 valence electrons. The highest BCUT2D eigenvalue weighted by molar-refractivity contribution is 7.90. The third-order valence-corrected chi connectivity index (χ3v) is 7.35. The van der Waals surface area contributed by atoms with E-state index in [1.54, 1.807) is 32.1 Å². The standard InChI is InChI=1S/C12H13N5O5S.C12H20N4O2/c1-21-11-14-9(15-12(16-11)22-2)13-10(18)17-23(19,20)8-6-4-3-5-7-8;1-14(2)10-13-11(17)16(12(18)15(10)3)9-7-5-4-6-8-9/h3-7H,1-2H3,(H2,13,14,15,16,17,18);9H,4-8H2,1-3H3. The first-order valence-electron chi connectivity index (χ1n) is 12.6. The molecule has 4 rings (SSSR count). The van der Waals surface area contributed by atoms with Gasteiger partial charge in [-0.1, -0.05) is 37.5 Å². The second kappa shape index (κ2) is 13.7. The van der Waals surface area contributed by atoms with Crippen molar-refractivity contribution < 1.29 is 22.7 Å². The predicted molar refractivity (Wildman–Crippen MR) is 149 cm³/mol. The summed E-state index contributed by atoms with van der Waals surface area (Å²) in [4.78, 5) is 53.0. The maximum Gasteiger partial charge on any atom is 0.355 e. The Morgan fingerprint density at radius 1 is 0.951 bits per heavy atom. The lowest BCUT2D eigenvalue weighted by Crippen LogP contribution is -2.45. The number of nitrogens with zero attached hydrogens (tertiary/aromatic N) is 7. The largest absolute Gasteiger partial charge is 0.467 e. The van der Waals surface area contributed by atoms with Crippen LogP contribution < -0.4 is 35.8 Å². The molecular weight excluding hydrogens is 558 g/mol. The summed E-state index contributed by atoms with van der Waals surface area (Å²) in [6.07, 6.45) is 5.15. The molecule has 2 N–H and O–H groups in total. The highest BCUT2D eigenvalue weighted by Gasteiger charge is 2.22. The first-order chi connectivity index (χ1) is 19.5. The van der Waals surface area contributed by atoms with Crippen LogP contribution in [0.2, 0.25) is 0 Å². The fraction of sp³-hybridized carbons (Fsp3) is 0.458. The van der Waals surface area contributed by atoms with E-state index in [1.165, 1.54) is 54.0 Å². The number of benzene rings is 1. The van der Waals surface area contributed by atoms with Gasteiger partial charge in [0.05, 0.1) is 19.1 Å². The first-order valence-corrected chi connectivity index (χ1v) is 14.0. The van der Waals surface area contributed by atoms with E-state index in [0.717, 1.165) is 25.7 Å². The predicted octanol–water partition coefficient (Wildman–Crippen LogP) is 0.912. The molecule has 1 aromatic carbocycles. The number of hydrogen-bond acceptors (Lipinski definition) is 12. The van der Waals surface area contributed by atoms with Gasteiger partial charge in [0.2, 0.25) is 11.9 Å². The topological polar surface area (TPSA) is 193 Å². The van der Waals surface area contributed by atoms with Crippen molar-refractivity contribution in [3.05, 3.63) is 51.3 Å². The molecule has 0 bridgehead atoms. The van der Waals surface area contributed by atoms with E-state index in [-0.39, 0.29) is 34.6 Å². The highest BCUT2D eigenvalue weighted by Crippen LogP contribution is 2.25. The maximum absolute atomic E-state index is 12.3. The van der Waals surface area contributed by atoms with Crippen molar-refractivity contribution >= 4 is 28.0 Å². The van der Waals surface area contributed by atoms with Gasteiger partial charge in [0, 0.05) is 27.2 Å². The van der Waals surface area contributed by atoms with Gasteiger partial charge in [-0.05, 0) is 25.0 Å². The number of rotatable bonds is 7. The van der Waals surface area contributed by atoms with Crippen LogP contribution >= 0.6 is 0 Å². The zero-order chi connectivity index (χ0) is 30.2. The molecule has 16 nitrogen and oxygen atoms in total. The van der Waals surface area contributed by atoms with E-state index in [0.29, 0.717) is 5.95 Å². The average molecular weight is 592 g/mol. The van der Waals surface area contributed by atoms with E-state index >= 15 is 0 Å². The molecule has 1 aliphatic carbocycles. The molecule has 41 heavy (non-hydrogen) atoms. The molecule has 1 aliphatic rings. The highest BCUT2D eigenvalue weighted by atomic mass is 32.2. The number of carbonyl (C=O) groups is 1. The summed E-state index contributed by atoms with van der Waals surface area (Å²) in [5.41, 5.74) is -0.681. The van der Waals surface area contributed by atoms with Crippen LogP contribution in [0.3, 0.4) is 0 Å². The fourth-order valence-corrected chi connectivity index (χ4v) is 5.01. The number of nitrogens with one attached hydrogen (secondary N) is 2. The van der Waals surface area contributed by atoms with Gasteiger partial charge in [0.15, 0.2) is 0 Å². The van der Waals surface area contributed by atoms with Gasteiger partial charge in [-0.2, -0.15) is 15.0 Å². The second-order valence-corrected chi connectivity index (χ2v) is 10.8. The fourth-order valence-electron chi connectivity index (χ4n) is 4.08. The molecule has 0 spiro atoms. The monoisotopic (exact) mass is 591 g/mol. The Morgan fingerprint density at radius 2 is 1.54 bits per heavy atom. The Labute approximate surface area is 236 Å². The lowest BCUT2D eigenvalue weighted by molar-refractivity contribution is 0.256. The Balaban J connectivity index is 0.000000232. The molecule has 0 unspecified atom stereocenters. The van der Waals surface area contributed by atoms with Gasteiger partial charge in [-0.3, -0.25) is 9.88 Å². The van der Waals surface area contributed by atoms with Crippen LogP contribution in [-0.4, -0.2) is 71.8 Å². The van der Waals surface area contributed by atoms with Gasteiger partial charge >= 0.3 is 29.4 Å². The smallest absolute Gasteiger partial charge is 0.355 e. The number of methoxy groups -OCH3 is 2. The van der Waals surface area contributed by atoms with Gasteiger partial charge in [0.1, 0.15) is 0 Å². The molecule has 0 radical (unpaired) electrons. The molecule has 0 aliphatic heterocycles. The lowest BCUT2D eigenvalue weighted by Gasteiger charge is -2.24. The molecule has 0 atom stereocenters. The second-order valence-electron chi connectivity index (χ2n) is 9.10. The Hall–Kier alpha value is -4.54. The van der Waals surface area contributed by atoms with Crippen molar-refractivity contribution in [3.63, 3.8) is 0 Å². The third-order valence-electron chi connectivity index (χ3n) is 6.00. The van der Waals surface area contributed by atoms with Crippen LogP contribution in [0.4, 0.5) is 16.7 Å². The van der Waals surface area contributed by atoms with Gasteiger partial charge < -0.3 is 14.4 Å². The third kappa shape index (κ3) is 8.00. The van der Waals surface area contributed by atoms with Crippen LogP contribution in [0, 0.1) is 0 Å². The summed E-state index contributed by atoms with van der Waals surface area (Å²) in [6, 6.07) is 6.22. The van der Waals surface area contributed by atoms with E-state index in [4.69, 9.17) is 9.47 Å². The summed E-state index contributed by atoms with van der Waals surface area (Å²) < 4.78 is 38.2. The van der Waals surface area contributed by atoms with E-state index in [9.17, 15) is 22.8 Å². The molecule has 2 amide bonds. The molecule has 1 saturated carbocycles. The van der Waals surface area contributed by atoms with Crippen molar-refractivity contribution in [2.45, 2.75) is 43.0 Å². The summed E-state index contributed by atoms with van der Waals surface area (Å²) in [5, 5.41) is 2.17. The van der Waals surface area contributed by atoms with Crippen LogP contribution in [0.15, 0.2) is 44.8 Å². The van der Waals surface area contributed by atoms with Crippen LogP contribution in [-0.2, 0) is 17.1 Å². The summed E-state index contributed by atoms with van der Waals surface area (Å²) in [6.45, 7) is 0. The quantitative estimate of drug-likeness (QED) is 0.395. The minimum absolute atomic E-state index is 0.0219. The van der Waals surface area contributed by atoms with Crippen molar-refractivity contribution in [1.29, 1.82) is 0 Å². The van der Waals surface area contributed by atoms with E-state index in [1.807, 2.05) is 4.72 Å². The Kier molecular flexibility index (Phi) is 10.3. The average Bonchev–Trinajstić information content (AvgIpc) is 2.95. The number of amides is 2. The van der Waals surface area contributed by atoms with Crippen LogP contribution in [0.25, 0.3) is 0 Å². The van der Waals surface area contributed by atoms with E-state index in [2.05, 4.69) is 25.3 Å². The van der Waals surface area contributed by atoms with Gasteiger partial charge in [-0.25, -0.2) is 32.1 Å². The summed E-state index contributed by atoms with van der Waals surface area (Å²) >= 11 is 0. The molecule has 2 aromatic heterocycles. The number of anilines is 2. The Bertz CT molecular complexity index is 1550. The van der Waals surface area contributed by atoms with Crippen molar-refractivity contribution in [2.75, 3.05) is 38.5 Å². The number of carbonyl (C=O) groups excluding carboxylic acids is 1. The minimum atomic E-state index is -4.01. The Morgan fingerprint density at radius 3 is 2.07 bits per heavy atom. The molecule has 3 aromatic rings. The number of hydrogen-bond donors (Lipinski definition) is 2. The normalized spacial score (nSPS) is 13.4. The first kappa shape index (κ1) is 31.0. The van der Waals surface area contributed by atoms with Crippen LogP contribution in [0.1, 0.15) is 38.1 Å². The van der Waals surface area contributed by atoms with Gasteiger partial charge in [-0.15, -0.1) is 4.98 Å². The number of ether oxygens (including phenoxy) is 2. The molecule has 0 saturated heterocycles. The van der Waals surface area contributed by atoms with E-state index < -0.39 is 21.7 Å². The van der Waals surface area contributed by atoms with Gasteiger partial charge in [0.25, 0.3) is 10.0 Å². The number of aromatic nitrogens is 6. The number of urea groups is 1. The van der Waals surface area contributed by atoms with Crippen molar-refractivity contribution in [3.8, 4) is 12.0 Å². The molecule has 1 fully saturated rings. The summed E-state index contributed by atoms with van der Waals surface area (Å²) in [5.74, 6) is 0.173. The SMILES string of the molecule is CN(C)c1nc(=O)n(C2CCCCC2)c(=O)n1C.COc1nc(NC(=O)NS(=O)(=O)c2ccccc2)nc(OC)n1. The number of sulfonamides is 1. The van der Waals surface area contributed by atoms with Crippen LogP contribution in [0.5, 0.6) is 12.0 Å². The minimum Gasteiger partial charge on any atom is -0.467 e. The molecule has 17 heteroatoms. The maximum atomic E-state index is 12.3. The van der Waals surface area contributed by atoms with Crippen molar-refractivity contribution in [1.82, 2.24) is 33.8 Å². The zero-order valence-electron chi connectivity index (χ0n) is 23.4. The lowest BCUT2D eigenvalue weighted by atomic mass is 9.95. The van der Waals surface area contributed by atoms with Crippen molar-refractivity contribution in [2.24, 2.45) is 7.05 Å².